The molecule has 2 aromatic rings. The van der Waals surface area contributed by atoms with Gasteiger partial charge in [-0.1, -0.05) is 30.3 Å². The van der Waals surface area contributed by atoms with Crippen molar-refractivity contribution in [3.8, 4) is 11.5 Å². The van der Waals surface area contributed by atoms with E-state index in [0.717, 1.165) is 53.8 Å². The number of amides is 2. The Hall–Kier alpha value is -5.07. The number of carbonyl (C=O) groups is 3. The molecule has 0 fully saturated rings. The van der Waals surface area contributed by atoms with Crippen LogP contribution >= 0.6 is 0 Å². The van der Waals surface area contributed by atoms with Crippen molar-refractivity contribution in [2.75, 3.05) is 41.0 Å². The second kappa shape index (κ2) is 14.6. The Morgan fingerprint density at radius 2 is 1.78 bits per heavy atom. The summed E-state index contributed by atoms with van der Waals surface area (Å²) < 4.78 is 21.7. The van der Waals surface area contributed by atoms with Crippen molar-refractivity contribution in [2.45, 2.75) is 44.8 Å². The van der Waals surface area contributed by atoms with Gasteiger partial charge in [0.2, 0.25) is 5.96 Å². The maximum atomic E-state index is 13.6. The van der Waals surface area contributed by atoms with Crippen molar-refractivity contribution in [1.29, 1.82) is 0 Å². The highest BCUT2D eigenvalue weighted by Gasteiger charge is 2.33. The molecule has 45 heavy (non-hydrogen) atoms. The summed E-state index contributed by atoms with van der Waals surface area (Å²) in [4.78, 5) is 42.9. The van der Waals surface area contributed by atoms with Crippen molar-refractivity contribution >= 4 is 35.2 Å². The van der Waals surface area contributed by atoms with Gasteiger partial charge in [-0.25, -0.2) is 20.0 Å². The SMILES string of the molecule is COC(=O)C(CNC(=O)c1cc2c(c(OC)c1OC)C1=C(CCC1)C(=NNC1=NCCN1)CC2)NC(=O)OCc1ccccc1. The number of aliphatic imine (C=N–C) groups is 1. The number of aryl methyl sites for hydroxylation is 1. The molecular formula is C32H38N6O7. The Kier molecular flexibility index (Phi) is 10.2. The molecule has 0 spiro atoms. The van der Waals surface area contributed by atoms with Crippen molar-refractivity contribution in [3.05, 3.63) is 64.2 Å². The first-order chi connectivity index (χ1) is 21.9. The van der Waals surface area contributed by atoms with E-state index in [0.29, 0.717) is 31.1 Å². The monoisotopic (exact) mass is 618 g/mol. The van der Waals surface area contributed by atoms with Crippen LogP contribution in [0.3, 0.4) is 0 Å². The van der Waals surface area contributed by atoms with Crippen LogP contribution in [0.5, 0.6) is 11.5 Å². The van der Waals surface area contributed by atoms with Crippen LogP contribution < -0.4 is 30.8 Å². The predicted molar refractivity (Wildman–Crippen MR) is 167 cm³/mol. The molecule has 0 saturated carbocycles. The standard InChI is InChI=1S/C32H38N6O7/c1-42-27-23(29(39)35-17-25(30(40)44-3)36-32(41)45-18-19-8-5-4-6-9-19)16-20-12-13-24(37-38-31-33-14-15-34-31)21-10-7-11-22(21)26(20)28(27)43-2/h4-6,8-9,16,25H,7,10-15,17-18H2,1-3H3,(H,35,39)(H,36,41)(H2,33,34,38). The number of hydrazone groups is 1. The van der Waals surface area contributed by atoms with E-state index in [1.807, 2.05) is 36.4 Å². The molecule has 0 radical (unpaired) electrons. The van der Waals surface area contributed by atoms with Gasteiger partial charge in [-0.2, -0.15) is 5.10 Å². The summed E-state index contributed by atoms with van der Waals surface area (Å²) >= 11 is 0. The summed E-state index contributed by atoms with van der Waals surface area (Å²) in [6.07, 6.45) is 3.16. The van der Waals surface area contributed by atoms with E-state index in [2.05, 4.69) is 26.4 Å². The number of benzene rings is 2. The van der Waals surface area contributed by atoms with Crippen molar-refractivity contribution in [2.24, 2.45) is 10.1 Å². The fraction of sp³-hybridized carbons (Fsp3) is 0.406. The van der Waals surface area contributed by atoms with Gasteiger partial charge in [0.15, 0.2) is 11.5 Å². The topological polar surface area (TPSA) is 161 Å². The third-order valence-electron chi connectivity index (χ3n) is 7.90. The van der Waals surface area contributed by atoms with E-state index in [9.17, 15) is 14.4 Å². The number of hydrogen-bond acceptors (Lipinski definition) is 11. The van der Waals surface area contributed by atoms with E-state index >= 15 is 0 Å². The largest absolute Gasteiger partial charge is 0.492 e. The summed E-state index contributed by atoms with van der Waals surface area (Å²) in [5.74, 6) is 0.162. The first kappa shape index (κ1) is 31.4. The second-order valence-corrected chi connectivity index (χ2v) is 10.7. The average molecular weight is 619 g/mol. The summed E-state index contributed by atoms with van der Waals surface area (Å²) in [6.45, 7) is 1.27. The first-order valence-electron chi connectivity index (χ1n) is 14.9. The number of nitrogens with one attached hydrogen (secondary N) is 4. The Labute approximate surface area is 261 Å². The number of methoxy groups -OCH3 is 3. The zero-order valence-corrected chi connectivity index (χ0v) is 25.7. The number of allylic oxidation sites excluding steroid dienone is 2. The van der Waals surface area contributed by atoms with Gasteiger partial charge in [-0.15, -0.1) is 0 Å². The van der Waals surface area contributed by atoms with Gasteiger partial charge in [0.25, 0.3) is 5.91 Å². The maximum Gasteiger partial charge on any atom is 0.408 e. The van der Waals surface area contributed by atoms with Gasteiger partial charge >= 0.3 is 12.1 Å². The van der Waals surface area contributed by atoms with E-state index in [4.69, 9.17) is 24.0 Å². The molecular weight excluding hydrogens is 580 g/mol. The van der Waals surface area contributed by atoms with Gasteiger partial charge in [0, 0.05) is 18.7 Å². The van der Waals surface area contributed by atoms with Gasteiger partial charge < -0.3 is 34.9 Å². The molecule has 4 N–H and O–H groups in total. The number of rotatable bonds is 10. The van der Waals surface area contributed by atoms with Crippen LogP contribution in [0.2, 0.25) is 0 Å². The Bertz CT molecular complexity index is 1540. The third-order valence-corrected chi connectivity index (χ3v) is 7.90. The molecule has 1 unspecified atom stereocenters. The first-order valence-corrected chi connectivity index (χ1v) is 14.9. The van der Waals surface area contributed by atoms with Crippen molar-refractivity contribution in [3.63, 3.8) is 0 Å². The number of nitrogens with zero attached hydrogens (tertiary/aromatic N) is 2. The van der Waals surface area contributed by atoms with Crippen LogP contribution in [0.4, 0.5) is 4.79 Å². The molecule has 2 amide bonds. The summed E-state index contributed by atoms with van der Waals surface area (Å²) in [6, 6.07) is 9.75. The van der Waals surface area contributed by atoms with E-state index in [1.165, 1.54) is 19.8 Å². The molecule has 0 bridgehead atoms. The summed E-state index contributed by atoms with van der Waals surface area (Å²) in [7, 11) is 4.24. The number of ether oxygens (including phenoxy) is 4. The minimum Gasteiger partial charge on any atom is -0.492 e. The quantitative estimate of drug-likeness (QED) is 0.232. The lowest BCUT2D eigenvalue weighted by molar-refractivity contribution is -0.142. The number of esters is 1. The highest BCUT2D eigenvalue weighted by Crippen LogP contribution is 2.48. The molecule has 3 aliphatic rings. The molecule has 13 heteroatoms. The minimum atomic E-state index is -1.19. The van der Waals surface area contributed by atoms with Crippen LogP contribution in [-0.4, -0.2) is 76.6 Å². The minimum absolute atomic E-state index is 0.0192. The van der Waals surface area contributed by atoms with Crippen LogP contribution in [0.15, 0.2) is 52.1 Å². The summed E-state index contributed by atoms with van der Waals surface area (Å²) in [5, 5.41) is 13.1. The highest BCUT2D eigenvalue weighted by molar-refractivity contribution is 6.10. The molecule has 1 heterocycles. The lowest BCUT2D eigenvalue weighted by Crippen LogP contribution is -2.49. The smallest absolute Gasteiger partial charge is 0.408 e. The number of guanidine groups is 1. The van der Waals surface area contributed by atoms with Gasteiger partial charge in [-0.3, -0.25) is 4.79 Å². The molecule has 0 saturated heterocycles. The zero-order chi connectivity index (χ0) is 31.8. The van der Waals surface area contributed by atoms with Gasteiger partial charge in [0.1, 0.15) is 12.6 Å². The van der Waals surface area contributed by atoms with E-state index < -0.39 is 24.0 Å². The van der Waals surface area contributed by atoms with Crippen molar-refractivity contribution in [1.82, 2.24) is 21.4 Å². The van der Waals surface area contributed by atoms with Gasteiger partial charge in [-0.05, 0) is 60.4 Å². The van der Waals surface area contributed by atoms with Crippen molar-refractivity contribution < 1.29 is 33.3 Å². The molecule has 13 nitrogen and oxygen atoms in total. The zero-order valence-electron chi connectivity index (χ0n) is 25.7. The second-order valence-electron chi connectivity index (χ2n) is 10.7. The fourth-order valence-electron chi connectivity index (χ4n) is 5.78. The fourth-order valence-corrected chi connectivity index (χ4v) is 5.78. The van der Waals surface area contributed by atoms with Crippen LogP contribution in [0.25, 0.3) is 5.57 Å². The number of hydrogen-bond donors (Lipinski definition) is 4. The third kappa shape index (κ3) is 7.19. The number of alkyl carbamates (subject to hydrolysis) is 1. The van der Waals surface area contributed by atoms with Gasteiger partial charge in [0.05, 0.1) is 39.1 Å². The molecule has 5 rings (SSSR count). The van der Waals surface area contributed by atoms with E-state index in [1.54, 1.807) is 7.11 Å². The molecule has 1 atom stereocenters. The Morgan fingerprint density at radius 1 is 1.00 bits per heavy atom. The number of fused-ring (bicyclic) bond motifs is 2. The lowest BCUT2D eigenvalue weighted by atomic mass is 9.93. The lowest BCUT2D eigenvalue weighted by Gasteiger charge is -2.21. The van der Waals surface area contributed by atoms with Crippen LogP contribution in [0.1, 0.15) is 52.7 Å². The van der Waals surface area contributed by atoms with Crippen LogP contribution in [-0.2, 0) is 27.3 Å². The molecule has 238 valence electrons. The number of carbonyl (C=O) groups excluding carboxylic acids is 3. The molecule has 2 aliphatic carbocycles. The highest BCUT2D eigenvalue weighted by atomic mass is 16.6. The molecule has 0 aromatic heterocycles. The van der Waals surface area contributed by atoms with E-state index in [-0.39, 0.29) is 24.5 Å². The Balaban J connectivity index is 1.35. The summed E-state index contributed by atoms with van der Waals surface area (Å²) in [5.41, 5.74) is 9.21. The molecule has 2 aromatic carbocycles. The maximum absolute atomic E-state index is 13.6. The predicted octanol–water partition coefficient (Wildman–Crippen LogP) is 2.69. The van der Waals surface area contributed by atoms with Crippen LogP contribution in [0, 0.1) is 0 Å². The average Bonchev–Trinajstić information content (AvgIpc) is 3.75. The Morgan fingerprint density at radius 3 is 2.49 bits per heavy atom. The normalized spacial score (nSPS) is 16.8. The molecule has 1 aliphatic heterocycles.